The Kier molecular flexibility index (Phi) is 7.15. The Balaban J connectivity index is 1.52. The van der Waals surface area contributed by atoms with E-state index >= 15 is 0 Å². The lowest BCUT2D eigenvalue weighted by Gasteiger charge is -2.32. The highest BCUT2D eigenvalue weighted by atomic mass is 32.2. The summed E-state index contributed by atoms with van der Waals surface area (Å²) in [5.74, 6) is 0.382. The molecule has 0 saturated carbocycles. The van der Waals surface area contributed by atoms with E-state index in [1.807, 2.05) is 19.1 Å². The van der Waals surface area contributed by atoms with Crippen molar-refractivity contribution in [3.63, 3.8) is 0 Å². The van der Waals surface area contributed by atoms with Crippen LogP contribution < -0.4 is 10.2 Å². The molecular weight excluding hydrogens is 398 g/mol. The van der Waals surface area contributed by atoms with Gasteiger partial charge in [0.1, 0.15) is 0 Å². The second-order valence-corrected chi connectivity index (χ2v) is 10.3. The first-order valence-corrected chi connectivity index (χ1v) is 11.8. The average molecular weight is 430 g/mol. The van der Waals surface area contributed by atoms with Gasteiger partial charge in [0.2, 0.25) is 15.9 Å². The van der Waals surface area contributed by atoms with Gasteiger partial charge in [-0.3, -0.25) is 4.79 Å². The van der Waals surface area contributed by atoms with Gasteiger partial charge < -0.3 is 10.2 Å². The largest absolute Gasteiger partial charge is 0.371 e. The fourth-order valence-electron chi connectivity index (χ4n) is 3.68. The van der Waals surface area contributed by atoms with Crippen LogP contribution in [-0.2, 0) is 21.4 Å². The first kappa shape index (κ1) is 22.3. The molecule has 1 N–H and O–H groups in total. The molecule has 0 spiro atoms. The van der Waals surface area contributed by atoms with Gasteiger partial charge in [-0.15, -0.1) is 0 Å². The van der Waals surface area contributed by atoms with Crippen molar-refractivity contribution in [2.45, 2.75) is 38.1 Å². The predicted molar refractivity (Wildman–Crippen MR) is 120 cm³/mol. The Labute approximate surface area is 179 Å². The third-order valence-corrected chi connectivity index (χ3v) is 7.36. The summed E-state index contributed by atoms with van der Waals surface area (Å²) < 4.78 is 26.3. The molecule has 1 aliphatic rings. The summed E-state index contributed by atoms with van der Waals surface area (Å²) in [4.78, 5) is 14.9. The zero-order chi connectivity index (χ0) is 21.7. The third kappa shape index (κ3) is 5.61. The summed E-state index contributed by atoms with van der Waals surface area (Å²) >= 11 is 0. The number of carbonyl (C=O) groups is 1. The van der Waals surface area contributed by atoms with Crippen LogP contribution in [0.1, 0.15) is 30.9 Å². The number of anilines is 1. The summed E-state index contributed by atoms with van der Waals surface area (Å²) in [7, 11) is -2.27. The summed E-state index contributed by atoms with van der Waals surface area (Å²) in [6.07, 6.45) is 2.51. The quantitative estimate of drug-likeness (QED) is 0.734. The minimum absolute atomic E-state index is 0.186. The van der Waals surface area contributed by atoms with Crippen LogP contribution in [0.25, 0.3) is 0 Å². The number of sulfonamides is 1. The molecule has 162 valence electrons. The molecule has 2 aromatic rings. The maximum absolute atomic E-state index is 12.6. The molecule has 1 aliphatic heterocycles. The van der Waals surface area contributed by atoms with Crippen molar-refractivity contribution in [2.24, 2.45) is 5.92 Å². The van der Waals surface area contributed by atoms with Crippen molar-refractivity contribution in [2.75, 3.05) is 31.6 Å². The zero-order valence-electron chi connectivity index (χ0n) is 18.0. The van der Waals surface area contributed by atoms with Gasteiger partial charge in [-0.2, -0.15) is 4.31 Å². The number of piperidine rings is 1. The third-order valence-electron chi connectivity index (χ3n) is 5.54. The highest BCUT2D eigenvalue weighted by Crippen LogP contribution is 2.23. The standard InChI is InChI=1S/C23H31N3O3S/c1-18-6-12-22(13-7-18)30(28,29)25(3)17-23(27)24-15-20-8-10-21(11-9-20)26-14-4-5-19(2)16-26/h6-13,19H,4-5,14-17H2,1-3H3,(H,24,27). The SMILES string of the molecule is Cc1ccc(S(=O)(=O)N(C)CC(=O)NCc2ccc(N3CCCC(C)C3)cc2)cc1. The Morgan fingerprint density at radius 3 is 2.43 bits per heavy atom. The number of benzene rings is 2. The second kappa shape index (κ2) is 9.62. The monoisotopic (exact) mass is 429 g/mol. The molecule has 1 saturated heterocycles. The maximum Gasteiger partial charge on any atom is 0.243 e. The van der Waals surface area contributed by atoms with E-state index in [1.165, 1.54) is 25.6 Å². The van der Waals surface area contributed by atoms with Gasteiger partial charge in [-0.1, -0.05) is 36.8 Å². The molecule has 0 bridgehead atoms. The molecular formula is C23H31N3O3S. The lowest BCUT2D eigenvalue weighted by Crippen LogP contribution is -2.38. The summed E-state index contributed by atoms with van der Waals surface area (Å²) in [5.41, 5.74) is 3.18. The van der Waals surface area contributed by atoms with Gasteiger partial charge in [0.15, 0.2) is 0 Å². The molecule has 1 heterocycles. The summed E-state index contributed by atoms with van der Waals surface area (Å²) in [5, 5.41) is 2.81. The first-order valence-electron chi connectivity index (χ1n) is 10.4. The van der Waals surface area contributed by atoms with Crippen LogP contribution in [-0.4, -0.2) is 45.3 Å². The fraction of sp³-hybridized carbons (Fsp3) is 0.435. The molecule has 0 aliphatic carbocycles. The lowest BCUT2D eigenvalue weighted by atomic mass is 9.99. The van der Waals surface area contributed by atoms with Crippen LogP contribution in [0.4, 0.5) is 5.69 Å². The Hall–Kier alpha value is -2.38. The van der Waals surface area contributed by atoms with Crippen LogP contribution in [0.15, 0.2) is 53.4 Å². The van der Waals surface area contributed by atoms with E-state index < -0.39 is 10.0 Å². The Bertz CT molecular complexity index is 956. The number of likely N-dealkylation sites (N-methyl/N-ethyl adjacent to an activating group) is 1. The smallest absolute Gasteiger partial charge is 0.243 e. The number of nitrogens with one attached hydrogen (secondary N) is 1. The number of hydrogen-bond donors (Lipinski definition) is 1. The number of carbonyl (C=O) groups excluding carboxylic acids is 1. The van der Waals surface area contributed by atoms with E-state index in [1.54, 1.807) is 24.3 Å². The van der Waals surface area contributed by atoms with Gasteiger partial charge in [-0.05, 0) is 55.5 Å². The molecule has 1 atom stereocenters. The number of rotatable bonds is 7. The number of hydrogen-bond acceptors (Lipinski definition) is 4. The molecule has 0 radical (unpaired) electrons. The molecule has 7 heteroatoms. The maximum atomic E-state index is 12.6. The Morgan fingerprint density at radius 2 is 1.80 bits per heavy atom. The van der Waals surface area contributed by atoms with Crippen LogP contribution >= 0.6 is 0 Å². The molecule has 6 nitrogen and oxygen atoms in total. The van der Waals surface area contributed by atoms with E-state index in [2.05, 4.69) is 29.3 Å². The first-order chi connectivity index (χ1) is 14.3. The van der Waals surface area contributed by atoms with Crippen molar-refractivity contribution >= 4 is 21.6 Å². The van der Waals surface area contributed by atoms with Crippen molar-refractivity contribution < 1.29 is 13.2 Å². The molecule has 1 amide bonds. The van der Waals surface area contributed by atoms with E-state index in [0.29, 0.717) is 12.5 Å². The van der Waals surface area contributed by atoms with Gasteiger partial charge >= 0.3 is 0 Å². The molecule has 1 fully saturated rings. The van der Waals surface area contributed by atoms with Gasteiger partial charge in [0.05, 0.1) is 11.4 Å². The normalized spacial score (nSPS) is 17.2. The van der Waals surface area contributed by atoms with Crippen LogP contribution in [0, 0.1) is 12.8 Å². The highest BCUT2D eigenvalue weighted by molar-refractivity contribution is 7.89. The zero-order valence-corrected chi connectivity index (χ0v) is 18.8. The Morgan fingerprint density at radius 1 is 1.13 bits per heavy atom. The second-order valence-electron chi connectivity index (χ2n) is 8.21. The number of amides is 1. The van der Waals surface area contributed by atoms with Gasteiger partial charge in [0, 0.05) is 32.4 Å². The number of nitrogens with zero attached hydrogens (tertiary/aromatic N) is 2. The topological polar surface area (TPSA) is 69.7 Å². The highest BCUT2D eigenvalue weighted by Gasteiger charge is 2.22. The van der Waals surface area contributed by atoms with Gasteiger partial charge in [0.25, 0.3) is 0 Å². The van der Waals surface area contributed by atoms with Crippen LogP contribution in [0.5, 0.6) is 0 Å². The minimum Gasteiger partial charge on any atom is -0.371 e. The van der Waals surface area contributed by atoms with E-state index in [9.17, 15) is 13.2 Å². The van der Waals surface area contributed by atoms with Crippen LogP contribution in [0.2, 0.25) is 0 Å². The minimum atomic E-state index is -3.69. The van der Waals surface area contributed by atoms with Crippen LogP contribution in [0.3, 0.4) is 0 Å². The van der Waals surface area contributed by atoms with E-state index in [4.69, 9.17) is 0 Å². The van der Waals surface area contributed by atoms with Crippen molar-refractivity contribution in [1.82, 2.24) is 9.62 Å². The average Bonchev–Trinajstić information content (AvgIpc) is 2.73. The fourth-order valence-corrected chi connectivity index (χ4v) is 4.81. The lowest BCUT2D eigenvalue weighted by molar-refractivity contribution is -0.121. The van der Waals surface area contributed by atoms with Crippen molar-refractivity contribution in [3.05, 3.63) is 59.7 Å². The van der Waals surface area contributed by atoms with E-state index in [-0.39, 0.29) is 17.3 Å². The molecule has 2 aromatic carbocycles. The van der Waals surface area contributed by atoms with E-state index in [0.717, 1.165) is 28.5 Å². The summed E-state index contributed by atoms with van der Waals surface area (Å²) in [6.45, 7) is 6.49. The van der Waals surface area contributed by atoms with Crippen molar-refractivity contribution in [1.29, 1.82) is 0 Å². The number of aryl methyl sites for hydroxylation is 1. The van der Waals surface area contributed by atoms with Gasteiger partial charge in [-0.25, -0.2) is 8.42 Å². The summed E-state index contributed by atoms with van der Waals surface area (Å²) in [6, 6.07) is 14.8. The predicted octanol–water partition coefficient (Wildman–Crippen LogP) is 3.17. The molecule has 3 rings (SSSR count). The van der Waals surface area contributed by atoms with Crippen molar-refractivity contribution in [3.8, 4) is 0 Å². The molecule has 1 unspecified atom stereocenters. The molecule has 30 heavy (non-hydrogen) atoms. The molecule has 0 aromatic heterocycles.